The van der Waals surface area contributed by atoms with Crippen LogP contribution in [0.15, 0.2) is 0 Å². The molecule has 6 nitrogen and oxygen atoms in total. The molecule has 0 spiro atoms. The first-order valence-electron chi connectivity index (χ1n) is 4.81. The Morgan fingerprint density at radius 2 is 1.50 bits per heavy atom. The molecule has 7 heteroatoms. The zero-order chi connectivity index (χ0) is 12.1. The lowest BCUT2D eigenvalue weighted by Gasteiger charge is -2.06. The van der Waals surface area contributed by atoms with E-state index < -0.39 is 6.16 Å². The normalized spacial score (nSPS) is 10.1. The lowest BCUT2D eigenvalue weighted by atomic mass is 10.7. The van der Waals surface area contributed by atoms with Gasteiger partial charge in [0.05, 0.1) is 33.0 Å². The fourth-order valence-corrected chi connectivity index (χ4v) is 0.989. The minimum atomic E-state index is -0.672. The average molecular weight is 348 g/mol. The molecule has 0 aromatic heterocycles. The van der Waals surface area contributed by atoms with Crippen LogP contribution in [0, 0.1) is 0 Å². The Bertz CT molecular complexity index is 166. The molecule has 96 valence electrons. The first kappa shape index (κ1) is 15.9. The first-order valence-corrected chi connectivity index (χ1v) is 6.33. The highest BCUT2D eigenvalue weighted by Gasteiger charge is 2.00. The number of methoxy groups -OCH3 is 1. The monoisotopic (exact) mass is 348 g/mol. The highest BCUT2D eigenvalue weighted by molar-refractivity contribution is 14.1. The topological polar surface area (TPSA) is 63.2 Å². The van der Waals surface area contributed by atoms with Gasteiger partial charge in [-0.15, -0.1) is 0 Å². The van der Waals surface area contributed by atoms with E-state index in [1.165, 1.54) is 0 Å². The maximum Gasteiger partial charge on any atom is 0.509 e. The Balaban J connectivity index is 3.01. The molecule has 0 radical (unpaired) electrons. The summed E-state index contributed by atoms with van der Waals surface area (Å²) in [4.78, 5) is 10.7. The molecule has 0 heterocycles. The van der Waals surface area contributed by atoms with E-state index in [0.717, 1.165) is 0 Å². The van der Waals surface area contributed by atoms with Gasteiger partial charge in [0.15, 0.2) is 0 Å². The quantitative estimate of drug-likeness (QED) is 0.256. The summed E-state index contributed by atoms with van der Waals surface area (Å²) < 4.78 is 24.6. The molecule has 0 aromatic carbocycles. The van der Waals surface area contributed by atoms with Gasteiger partial charge in [0.2, 0.25) is 0 Å². The number of halogens is 1. The zero-order valence-corrected chi connectivity index (χ0v) is 11.4. The van der Waals surface area contributed by atoms with Crippen molar-refractivity contribution in [1.82, 2.24) is 0 Å². The van der Waals surface area contributed by atoms with Crippen molar-refractivity contribution in [3.05, 3.63) is 0 Å². The molecule has 0 aliphatic carbocycles. The standard InChI is InChI=1S/C9H17IO6/c1-12-2-3-13-4-5-14-6-7-15-9(11)16-8-10/h2-8H2,1H3. The van der Waals surface area contributed by atoms with Gasteiger partial charge in [-0.05, 0) is 22.6 Å². The average Bonchev–Trinajstić information content (AvgIpc) is 2.27. The van der Waals surface area contributed by atoms with Crippen LogP contribution >= 0.6 is 22.6 Å². The van der Waals surface area contributed by atoms with Gasteiger partial charge in [0, 0.05) is 7.11 Å². The van der Waals surface area contributed by atoms with Crippen molar-refractivity contribution in [1.29, 1.82) is 0 Å². The molecule has 0 N–H and O–H groups in total. The molecule has 0 saturated heterocycles. The molecule has 0 amide bonds. The predicted molar refractivity (Wildman–Crippen MR) is 64.8 cm³/mol. The van der Waals surface area contributed by atoms with Gasteiger partial charge in [-0.25, -0.2) is 4.79 Å². The van der Waals surface area contributed by atoms with Crippen molar-refractivity contribution in [2.24, 2.45) is 0 Å². The molecule has 0 aliphatic rings. The Morgan fingerprint density at radius 3 is 2.06 bits per heavy atom. The fraction of sp³-hybridized carbons (Fsp3) is 0.889. The molecule has 0 fully saturated rings. The Hall–Kier alpha value is -0.120. The van der Waals surface area contributed by atoms with Crippen LogP contribution in [0.4, 0.5) is 4.79 Å². The number of hydrogen-bond donors (Lipinski definition) is 0. The SMILES string of the molecule is COCCOCCOCCOC(=O)OCI. The predicted octanol–water partition coefficient (Wildman–Crippen LogP) is 1.21. The van der Waals surface area contributed by atoms with E-state index in [0.29, 0.717) is 33.0 Å². The van der Waals surface area contributed by atoms with Gasteiger partial charge >= 0.3 is 6.16 Å². The van der Waals surface area contributed by atoms with Crippen LogP contribution in [0.1, 0.15) is 0 Å². The molecular formula is C9H17IO6. The van der Waals surface area contributed by atoms with Gasteiger partial charge in [-0.3, -0.25) is 0 Å². The van der Waals surface area contributed by atoms with Crippen LogP contribution in [0.2, 0.25) is 0 Å². The molecule has 0 aliphatic heterocycles. The summed E-state index contributed by atoms with van der Waals surface area (Å²) >= 11 is 1.91. The molecular weight excluding hydrogens is 331 g/mol. The zero-order valence-electron chi connectivity index (χ0n) is 9.28. The van der Waals surface area contributed by atoms with Crippen LogP contribution in [-0.4, -0.2) is 57.5 Å². The van der Waals surface area contributed by atoms with Crippen molar-refractivity contribution in [3.8, 4) is 0 Å². The van der Waals surface area contributed by atoms with Gasteiger partial charge in [-0.2, -0.15) is 0 Å². The molecule has 0 unspecified atom stereocenters. The number of carbonyl (C=O) groups excluding carboxylic acids is 1. The van der Waals surface area contributed by atoms with E-state index in [1.807, 2.05) is 22.6 Å². The Labute approximate surface area is 109 Å². The van der Waals surface area contributed by atoms with Crippen LogP contribution in [0.5, 0.6) is 0 Å². The van der Waals surface area contributed by atoms with Crippen molar-refractivity contribution in [2.45, 2.75) is 0 Å². The van der Waals surface area contributed by atoms with Gasteiger partial charge in [0.1, 0.15) is 11.2 Å². The van der Waals surface area contributed by atoms with Crippen LogP contribution in [0.3, 0.4) is 0 Å². The largest absolute Gasteiger partial charge is 0.509 e. The summed E-state index contributed by atoms with van der Waals surface area (Å²) in [7, 11) is 1.62. The Kier molecular flexibility index (Phi) is 12.9. The summed E-state index contributed by atoms with van der Waals surface area (Å²) in [5.41, 5.74) is 0. The highest BCUT2D eigenvalue weighted by Crippen LogP contribution is 1.90. The summed E-state index contributed by atoms with van der Waals surface area (Å²) in [6.45, 7) is 2.62. The van der Waals surface area contributed by atoms with Crippen LogP contribution in [-0.2, 0) is 23.7 Å². The van der Waals surface area contributed by atoms with Crippen molar-refractivity contribution in [2.75, 3.05) is 51.4 Å². The fourth-order valence-electron chi connectivity index (χ4n) is 0.734. The third-order valence-corrected chi connectivity index (χ3v) is 1.74. The van der Waals surface area contributed by atoms with Gasteiger partial charge in [0.25, 0.3) is 0 Å². The summed E-state index contributed by atoms with van der Waals surface area (Å²) in [5, 5.41) is 0. The second-order valence-corrected chi connectivity index (χ2v) is 3.19. The minimum absolute atomic E-state index is 0.188. The number of rotatable bonds is 10. The van der Waals surface area contributed by atoms with Crippen molar-refractivity contribution >= 4 is 28.7 Å². The van der Waals surface area contributed by atoms with E-state index in [-0.39, 0.29) is 11.2 Å². The van der Waals surface area contributed by atoms with E-state index >= 15 is 0 Å². The molecule has 16 heavy (non-hydrogen) atoms. The summed E-state index contributed by atoms with van der Waals surface area (Å²) in [6, 6.07) is 0. The summed E-state index contributed by atoms with van der Waals surface area (Å²) in [6.07, 6.45) is -0.672. The number of ether oxygens (including phenoxy) is 5. The third-order valence-electron chi connectivity index (χ3n) is 1.42. The molecule has 0 rings (SSSR count). The maximum atomic E-state index is 10.7. The van der Waals surface area contributed by atoms with E-state index in [4.69, 9.17) is 14.2 Å². The number of alkyl halides is 1. The van der Waals surface area contributed by atoms with Crippen molar-refractivity contribution < 1.29 is 28.5 Å². The van der Waals surface area contributed by atoms with Crippen molar-refractivity contribution in [3.63, 3.8) is 0 Å². The maximum absolute atomic E-state index is 10.7. The second kappa shape index (κ2) is 12.9. The van der Waals surface area contributed by atoms with E-state index in [2.05, 4.69) is 9.47 Å². The smallest absolute Gasteiger partial charge is 0.432 e. The van der Waals surface area contributed by atoms with E-state index in [9.17, 15) is 4.79 Å². The molecule has 0 atom stereocenters. The van der Waals surface area contributed by atoms with Crippen LogP contribution in [0.25, 0.3) is 0 Å². The Morgan fingerprint density at radius 1 is 0.938 bits per heavy atom. The molecule has 0 bridgehead atoms. The number of hydrogen-bond acceptors (Lipinski definition) is 6. The molecule has 0 saturated carbocycles. The number of carbonyl (C=O) groups is 1. The summed E-state index contributed by atoms with van der Waals surface area (Å²) in [5.74, 6) is 0. The van der Waals surface area contributed by atoms with Gasteiger partial charge in [-0.1, -0.05) is 0 Å². The lowest BCUT2D eigenvalue weighted by Crippen LogP contribution is -2.14. The molecule has 0 aromatic rings. The van der Waals surface area contributed by atoms with Gasteiger partial charge < -0.3 is 23.7 Å². The lowest BCUT2D eigenvalue weighted by molar-refractivity contribution is 0.00432. The first-order chi connectivity index (χ1) is 7.81. The highest BCUT2D eigenvalue weighted by atomic mass is 127. The third kappa shape index (κ3) is 12.0. The second-order valence-electron chi connectivity index (χ2n) is 2.57. The van der Waals surface area contributed by atoms with Crippen LogP contribution < -0.4 is 0 Å². The minimum Gasteiger partial charge on any atom is -0.432 e. The van der Waals surface area contributed by atoms with E-state index in [1.54, 1.807) is 7.11 Å².